The summed E-state index contributed by atoms with van der Waals surface area (Å²) in [6, 6.07) is 6.53. The number of fused-ring (bicyclic) bond motifs is 1. The molecule has 3 rings (SSSR count). The van der Waals surface area contributed by atoms with Crippen LogP contribution in [0.4, 0.5) is 29.7 Å². The molecular weight excluding hydrogens is 381 g/mol. The molecule has 0 fully saturated rings. The van der Waals surface area contributed by atoms with Crippen LogP contribution in [0.5, 0.6) is 0 Å². The lowest BCUT2D eigenvalue weighted by atomic mass is 10.1. The number of alkyl halides is 3. The van der Waals surface area contributed by atoms with Gasteiger partial charge in [-0.3, -0.25) is 9.59 Å². The lowest BCUT2D eigenvalue weighted by Crippen LogP contribution is -2.44. The van der Waals surface area contributed by atoms with Crippen molar-refractivity contribution < 1.29 is 22.8 Å². The maximum absolute atomic E-state index is 12.9. The Kier molecular flexibility index (Phi) is 5.09. The van der Waals surface area contributed by atoms with Crippen molar-refractivity contribution >= 4 is 39.7 Å². The molecule has 2 aromatic rings. The second-order valence-electron chi connectivity index (χ2n) is 6.24. The third-order valence-corrected chi connectivity index (χ3v) is 5.26. The first-order valence-electron chi connectivity index (χ1n) is 8.12. The maximum atomic E-state index is 12.9. The van der Waals surface area contributed by atoms with Crippen LogP contribution in [0.25, 0.3) is 0 Å². The Morgan fingerprint density at radius 3 is 2.78 bits per heavy atom. The van der Waals surface area contributed by atoms with Crippen molar-refractivity contribution in [2.75, 3.05) is 28.7 Å². The van der Waals surface area contributed by atoms with Crippen LogP contribution in [-0.4, -0.2) is 36.4 Å². The van der Waals surface area contributed by atoms with E-state index in [1.54, 1.807) is 31.2 Å². The fraction of sp³-hybridized carbons (Fsp3) is 0.353. The van der Waals surface area contributed by atoms with E-state index < -0.39 is 17.1 Å². The molecule has 1 unspecified atom stereocenters. The van der Waals surface area contributed by atoms with Gasteiger partial charge in [0.2, 0.25) is 11.8 Å². The van der Waals surface area contributed by atoms with E-state index in [-0.39, 0.29) is 29.9 Å². The summed E-state index contributed by atoms with van der Waals surface area (Å²) in [5, 5.41) is 2.86. The number of likely N-dealkylation sites (N-methyl/N-ethyl adjacent to an activating group) is 1. The molecule has 0 spiro atoms. The minimum absolute atomic E-state index is 0.0978. The summed E-state index contributed by atoms with van der Waals surface area (Å²) in [5.74, 6) is -0.536. The van der Waals surface area contributed by atoms with E-state index in [4.69, 9.17) is 0 Å². The number of carbonyl (C=O) groups excluding carboxylic acids is 2. The monoisotopic (exact) mass is 398 g/mol. The zero-order valence-electron chi connectivity index (χ0n) is 14.6. The fourth-order valence-electron chi connectivity index (χ4n) is 2.89. The molecule has 0 radical (unpaired) electrons. The number of amides is 2. The van der Waals surface area contributed by atoms with Crippen LogP contribution in [0.1, 0.15) is 18.2 Å². The molecular formula is C17H17F3N4O2S. The molecule has 0 aliphatic carbocycles. The lowest BCUT2D eigenvalue weighted by molar-refractivity contribution is -0.134. The van der Waals surface area contributed by atoms with Gasteiger partial charge in [0.25, 0.3) is 0 Å². The number of hydrogen-bond donors (Lipinski definition) is 1. The Morgan fingerprint density at radius 1 is 1.41 bits per heavy atom. The van der Waals surface area contributed by atoms with Crippen molar-refractivity contribution in [2.24, 2.45) is 0 Å². The quantitative estimate of drug-likeness (QED) is 0.861. The van der Waals surface area contributed by atoms with Crippen LogP contribution in [0.3, 0.4) is 0 Å². The van der Waals surface area contributed by atoms with Crippen LogP contribution in [0, 0.1) is 0 Å². The van der Waals surface area contributed by atoms with Crippen molar-refractivity contribution in [1.82, 2.24) is 4.98 Å². The molecule has 144 valence electrons. The number of hydrogen-bond acceptors (Lipinski definition) is 5. The van der Waals surface area contributed by atoms with Crippen LogP contribution in [-0.2, 0) is 15.8 Å². The molecule has 1 aliphatic heterocycles. The second-order valence-corrected chi connectivity index (χ2v) is 7.25. The van der Waals surface area contributed by atoms with Gasteiger partial charge in [0, 0.05) is 19.5 Å². The predicted octanol–water partition coefficient (Wildman–Crippen LogP) is 3.36. The maximum Gasteiger partial charge on any atom is 0.427 e. The van der Waals surface area contributed by atoms with Gasteiger partial charge in [-0.05, 0) is 19.1 Å². The predicted molar refractivity (Wildman–Crippen MR) is 97.0 cm³/mol. The van der Waals surface area contributed by atoms with E-state index in [0.717, 1.165) is 6.20 Å². The second kappa shape index (κ2) is 7.18. The zero-order chi connectivity index (χ0) is 19.8. The van der Waals surface area contributed by atoms with E-state index in [9.17, 15) is 22.8 Å². The zero-order valence-corrected chi connectivity index (χ0v) is 15.4. The molecule has 1 aromatic heterocycles. The van der Waals surface area contributed by atoms with Gasteiger partial charge < -0.3 is 15.1 Å². The van der Waals surface area contributed by atoms with Gasteiger partial charge in [-0.2, -0.15) is 13.2 Å². The molecule has 1 N–H and O–H groups in total. The Labute approximate surface area is 157 Å². The molecule has 6 nitrogen and oxygen atoms in total. The van der Waals surface area contributed by atoms with Crippen LogP contribution in [0.2, 0.25) is 0 Å². The normalized spacial score (nSPS) is 17.1. The van der Waals surface area contributed by atoms with Crippen molar-refractivity contribution in [3.63, 3.8) is 0 Å². The van der Waals surface area contributed by atoms with Gasteiger partial charge >= 0.3 is 6.18 Å². The van der Waals surface area contributed by atoms with Gasteiger partial charge in [-0.15, -0.1) is 0 Å². The topological polar surface area (TPSA) is 65.5 Å². The number of nitrogens with zero attached hydrogens (tertiary/aromatic N) is 3. The van der Waals surface area contributed by atoms with Gasteiger partial charge in [-0.25, -0.2) is 4.98 Å². The van der Waals surface area contributed by atoms with Crippen molar-refractivity contribution in [3.05, 3.63) is 35.3 Å². The number of thiazole rings is 1. The van der Waals surface area contributed by atoms with E-state index in [1.807, 2.05) is 0 Å². The number of nitrogens with one attached hydrogen (secondary N) is 1. The van der Waals surface area contributed by atoms with Crippen LogP contribution >= 0.6 is 11.3 Å². The van der Waals surface area contributed by atoms with Crippen molar-refractivity contribution in [3.8, 4) is 0 Å². The summed E-state index contributed by atoms with van der Waals surface area (Å²) < 4.78 is 38.3. The average molecular weight is 398 g/mol. The number of halogens is 3. The van der Waals surface area contributed by atoms with Crippen molar-refractivity contribution in [2.45, 2.75) is 25.6 Å². The minimum Gasteiger partial charge on any atom is -0.342 e. The highest BCUT2D eigenvalue weighted by Gasteiger charge is 2.34. The number of carbonyl (C=O) groups is 2. The number of aromatic nitrogens is 1. The number of para-hydroxylation sites is 2. The summed E-state index contributed by atoms with van der Waals surface area (Å²) in [6.07, 6.45) is -3.59. The molecule has 27 heavy (non-hydrogen) atoms. The Hall–Kier alpha value is -2.62. The molecule has 2 heterocycles. The molecule has 0 bridgehead atoms. The van der Waals surface area contributed by atoms with E-state index in [2.05, 4.69) is 10.3 Å². The summed E-state index contributed by atoms with van der Waals surface area (Å²) in [5.41, 5.74) is 1.08. The van der Waals surface area contributed by atoms with Crippen LogP contribution < -0.4 is 15.1 Å². The Bertz CT molecular complexity index is 868. The van der Waals surface area contributed by atoms with E-state index in [0.29, 0.717) is 22.7 Å². The van der Waals surface area contributed by atoms with E-state index >= 15 is 0 Å². The minimum atomic E-state index is -4.47. The SMILES string of the molecule is CC1CC(=O)Nc2ccccc2N1C(=O)CN(C)c1ncc(C(F)(F)F)s1. The highest BCUT2D eigenvalue weighted by Crippen LogP contribution is 2.36. The Balaban J connectivity index is 1.82. The van der Waals surface area contributed by atoms with Gasteiger partial charge in [0.05, 0.1) is 24.1 Å². The fourth-order valence-corrected chi connectivity index (χ4v) is 3.63. The third-order valence-electron chi connectivity index (χ3n) is 4.10. The number of benzene rings is 1. The highest BCUT2D eigenvalue weighted by molar-refractivity contribution is 7.15. The largest absolute Gasteiger partial charge is 0.427 e. The van der Waals surface area contributed by atoms with Gasteiger partial charge in [0.1, 0.15) is 4.88 Å². The summed E-state index contributed by atoms with van der Waals surface area (Å²) in [7, 11) is 1.51. The standard InChI is InChI=1S/C17H17F3N4O2S/c1-10-7-14(25)22-11-5-3-4-6-12(11)24(10)15(26)9-23(2)16-21-8-13(27-16)17(18,19)20/h3-6,8,10H,7,9H2,1-2H3,(H,22,25). The molecule has 1 aliphatic rings. The van der Waals surface area contributed by atoms with Gasteiger partial charge in [-0.1, -0.05) is 23.5 Å². The highest BCUT2D eigenvalue weighted by atomic mass is 32.1. The number of anilines is 3. The molecule has 2 amide bonds. The average Bonchev–Trinajstić information content (AvgIpc) is 3.02. The van der Waals surface area contributed by atoms with Crippen LogP contribution in [0.15, 0.2) is 30.5 Å². The smallest absolute Gasteiger partial charge is 0.342 e. The number of rotatable bonds is 3. The molecule has 1 aromatic carbocycles. The molecule has 1 atom stereocenters. The summed E-state index contributed by atoms with van der Waals surface area (Å²) in [4.78, 5) is 30.7. The van der Waals surface area contributed by atoms with E-state index in [1.165, 1.54) is 16.8 Å². The summed E-state index contributed by atoms with van der Waals surface area (Å²) in [6.45, 7) is 1.59. The molecule has 0 saturated carbocycles. The molecule has 0 saturated heterocycles. The first-order chi connectivity index (χ1) is 12.7. The van der Waals surface area contributed by atoms with Gasteiger partial charge in [0.15, 0.2) is 5.13 Å². The third kappa shape index (κ3) is 4.05. The van der Waals surface area contributed by atoms with Crippen molar-refractivity contribution in [1.29, 1.82) is 0 Å². The first-order valence-corrected chi connectivity index (χ1v) is 8.93. The molecule has 10 heteroatoms. The first kappa shape index (κ1) is 19.2. The Morgan fingerprint density at radius 2 is 2.11 bits per heavy atom. The summed E-state index contributed by atoms with van der Waals surface area (Å²) >= 11 is 0.480. The lowest BCUT2D eigenvalue weighted by Gasteiger charge is -2.29.